The van der Waals surface area contributed by atoms with Crippen LogP contribution in [0, 0.1) is 0 Å². The highest BCUT2D eigenvalue weighted by Gasteiger charge is 2.36. The number of hydrogen-bond donors (Lipinski definition) is 3. The summed E-state index contributed by atoms with van der Waals surface area (Å²) in [7, 11) is 0. The molecule has 0 saturated heterocycles. The minimum Gasteiger partial charge on any atom is -0.466 e. The maximum absolute atomic E-state index is 11.5. The summed E-state index contributed by atoms with van der Waals surface area (Å²) in [6.45, 7) is 5.33. The predicted molar refractivity (Wildman–Crippen MR) is 71.2 cm³/mol. The quantitative estimate of drug-likeness (QED) is 0.486. The smallest absolute Gasteiger partial charge is 0.411 e. The zero-order valence-electron chi connectivity index (χ0n) is 11.2. The normalized spacial score (nSPS) is 20.4. The molecule has 1 amide bonds. The molecule has 1 aliphatic rings. The van der Waals surface area contributed by atoms with Gasteiger partial charge in [-0.05, 0) is 25.3 Å². The number of rotatable bonds is 6. The molecule has 0 aliphatic carbocycles. The Bertz CT molecular complexity index is 444. The Kier molecular flexibility index (Phi) is 5.79. The zero-order chi connectivity index (χ0) is 15.0. The molecule has 20 heavy (non-hydrogen) atoms. The molecule has 1 unspecified atom stereocenters. The van der Waals surface area contributed by atoms with Crippen LogP contribution in [0.4, 0.5) is 4.79 Å². The monoisotopic (exact) mass is 282 g/mol. The number of carbonyl (C=O) groups is 2. The third-order valence-corrected chi connectivity index (χ3v) is 2.40. The van der Waals surface area contributed by atoms with Gasteiger partial charge in [0.2, 0.25) is 0 Å². The Morgan fingerprint density at radius 1 is 1.55 bits per heavy atom. The van der Waals surface area contributed by atoms with Gasteiger partial charge in [-0.3, -0.25) is 10.1 Å². The van der Waals surface area contributed by atoms with Crippen LogP contribution in [-0.2, 0) is 14.3 Å². The second kappa shape index (κ2) is 7.34. The van der Waals surface area contributed by atoms with E-state index in [-0.39, 0.29) is 25.3 Å². The van der Waals surface area contributed by atoms with E-state index in [2.05, 4.69) is 17.2 Å². The summed E-state index contributed by atoms with van der Waals surface area (Å²) >= 11 is 0. The van der Waals surface area contributed by atoms with Crippen molar-refractivity contribution < 1.29 is 24.2 Å². The third-order valence-electron chi connectivity index (χ3n) is 2.40. The standard InChI is InChI=1S/C13H18N2O5/c1-3-8-20-12(17)15-10-6-5-7-14-13(10,18)9-11(16)19-4-2/h3,5-7,14,18H,1,4,8-9H2,2H3,(H,15,17). The van der Waals surface area contributed by atoms with Crippen molar-refractivity contribution in [3.63, 3.8) is 0 Å². The van der Waals surface area contributed by atoms with E-state index >= 15 is 0 Å². The van der Waals surface area contributed by atoms with Crippen molar-refractivity contribution in [1.82, 2.24) is 10.6 Å². The van der Waals surface area contributed by atoms with Crippen molar-refractivity contribution in [3.05, 3.63) is 36.7 Å². The first kappa shape index (κ1) is 15.8. The van der Waals surface area contributed by atoms with E-state index in [0.717, 1.165) is 0 Å². The second-order valence-electron chi connectivity index (χ2n) is 3.94. The molecule has 110 valence electrons. The lowest BCUT2D eigenvalue weighted by Gasteiger charge is -2.32. The van der Waals surface area contributed by atoms with Gasteiger partial charge in [-0.15, -0.1) is 0 Å². The fourth-order valence-electron chi connectivity index (χ4n) is 1.54. The van der Waals surface area contributed by atoms with E-state index in [0.29, 0.717) is 0 Å². The molecule has 1 aliphatic heterocycles. The molecular weight excluding hydrogens is 264 g/mol. The van der Waals surface area contributed by atoms with E-state index in [9.17, 15) is 14.7 Å². The molecule has 0 spiro atoms. The second-order valence-corrected chi connectivity index (χ2v) is 3.94. The number of aliphatic hydroxyl groups is 1. The topological polar surface area (TPSA) is 96.9 Å². The number of amides is 1. The minimum absolute atomic E-state index is 0.0404. The number of hydrogen-bond acceptors (Lipinski definition) is 6. The number of esters is 1. The molecular formula is C13H18N2O5. The summed E-state index contributed by atoms with van der Waals surface area (Å²) < 4.78 is 9.53. The van der Waals surface area contributed by atoms with Crippen molar-refractivity contribution in [3.8, 4) is 0 Å². The van der Waals surface area contributed by atoms with Crippen LogP contribution in [0.15, 0.2) is 36.7 Å². The van der Waals surface area contributed by atoms with Crippen LogP contribution < -0.4 is 10.6 Å². The summed E-state index contributed by atoms with van der Waals surface area (Å²) in [5.74, 6) is -0.593. The lowest BCUT2D eigenvalue weighted by atomic mass is 10.0. The van der Waals surface area contributed by atoms with Crippen LogP contribution in [0.1, 0.15) is 13.3 Å². The zero-order valence-corrected chi connectivity index (χ0v) is 11.2. The third kappa shape index (κ3) is 4.43. The highest BCUT2D eigenvalue weighted by Crippen LogP contribution is 2.20. The van der Waals surface area contributed by atoms with Gasteiger partial charge in [-0.25, -0.2) is 4.79 Å². The van der Waals surface area contributed by atoms with Crippen LogP contribution in [-0.4, -0.2) is 36.1 Å². The lowest BCUT2D eigenvalue weighted by Crippen LogP contribution is -2.52. The van der Waals surface area contributed by atoms with Gasteiger partial charge in [-0.1, -0.05) is 12.7 Å². The summed E-state index contributed by atoms with van der Waals surface area (Å²) in [6.07, 6.45) is 4.81. The molecule has 3 N–H and O–H groups in total. The van der Waals surface area contributed by atoms with Gasteiger partial charge >= 0.3 is 12.1 Å². The minimum atomic E-state index is -1.74. The lowest BCUT2D eigenvalue weighted by molar-refractivity contribution is -0.148. The maximum Gasteiger partial charge on any atom is 0.411 e. The molecule has 0 bridgehead atoms. The van der Waals surface area contributed by atoms with Crippen molar-refractivity contribution >= 4 is 12.1 Å². The molecule has 1 rings (SSSR count). The summed E-state index contributed by atoms with van der Waals surface area (Å²) in [6, 6.07) is 0. The first-order valence-electron chi connectivity index (χ1n) is 6.09. The van der Waals surface area contributed by atoms with Crippen LogP contribution >= 0.6 is 0 Å². The molecule has 1 heterocycles. The average Bonchev–Trinajstić information content (AvgIpc) is 2.39. The van der Waals surface area contributed by atoms with Gasteiger partial charge in [0.1, 0.15) is 6.61 Å². The molecule has 0 saturated carbocycles. The van der Waals surface area contributed by atoms with E-state index < -0.39 is 17.8 Å². The largest absolute Gasteiger partial charge is 0.466 e. The van der Waals surface area contributed by atoms with Crippen molar-refractivity contribution in [2.45, 2.75) is 19.1 Å². The maximum atomic E-state index is 11.5. The number of dihydropyridines is 1. The molecule has 1 atom stereocenters. The van der Waals surface area contributed by atoms with Crippen molar-refractivity contribution in [2.24, 2.45) is 0 Å². The Hall–Kier alpha value is -2.28. The van der Waals surface area contributed by atoms with E-state index in [1.807, 2.05) is 0 Å². The molecule has 7 nitrogen and oxygen atoms in total. The van der Waals surface area contributed by atoms with Gasteiger partial charge in [-0.2, -0.15) is 0 Å². The number of alkyl carbamates (subject to hydrolysis) is 1. The van der Waals surface area contributed by atoms with Gasteiger partial charge in [0.15, 0.2) is 5.72 Å². The number of nitrogens with one attached hydrogen (secondary N) is 2. The first-order chi connectivity index (χ1) is 9.51. The van der Waals surface area contributed by atoms with Gasteiger partial charge in [0.05, 0.1) is 18.7 Å². The van der Waals surface area contributed by atoms with E-state index in [1.54, 1.807) is 13.0 Å². The fourth-order valence-corrected chi connectivity index (χ4v) is 1.54. The Balaban J connectivity index is 2.71. The Morgan fingerprint density at radius 2 is 2.30 bits per heavy atom. The molecule has 0 aromatic rings. The average molecular weight is 282 g/mol. The number of carbonyl (C=O) groups excluding carboxylic acids is 2. The molecule has 0 aromatic carbocycles. The highest BCUT2D eigenvalue weighted by molar-refractivity contribution is 5.74. The van der Waals surface area contributed by atoms with Crippen LogP contribution in [0.5, 0.6) is 0 Å². The fraction of sp³-hybridized carbons (Fsp3) is 0.385. The van der Waals surface area contributed by atoms with Crippen molar-refractivity contribution in [2.75, 3.05) is 13.2 Å². The highest BCUT2D eigenvalue weighted by atomic mass is 16.5. The SMILES string of the molecule is C=CCOC(=O)NC1=CC=CNC1(O)CC(=O)OCC. The van der Waals surface area contributed by atoms with Gasteiger partial charge in [0, 0.05) is 0 Å². The summed E-state index contributed by atoms with van der Waals surface area (Å²) in [5.41, 5.74) is -1.64. The predicted octanol–water partition coefficient (Wildman–Crippen LogP) is 0.541. The van der Waals surface area contributed by atoms with E-state index in [4.69, 9.17) is 9.47 Å². The summed E-state index contributed by atoms with van der Waals surface area (Å²) in [5, 5.41) is 15.4. The van der Waals surface area contributed by atoms with Gasteiger partial charge in [0.25, 0.3) is 0 Å². The van der Waals surface area contributed by atoms with Crippen LogP contribution in [0.2, 0.25) is 0 Å². The Labute approximate surface area is 116 Å². The van der Waals surface area contributed by atoms with Crippen molar-refractivity contribution in [1.29, 1.82) is 0 Å². The molecule has 0 radical (unpaired) electrons. The van der Waals surface area contributed by atoms with Crippen LogP contribution in [0.3, 0.4) is 0 Å². The Morgan fingerprint density at radius 3 is 2.95 bits per heavy atom. The molecule has 0 fully saturated rings. The van der Waals surface area contributed by atoms with Crippen LogP contribution in [0.25, 0.3) is 0 Å². The van der Waals surface area contributed by atoms with E-state index in [1.165, 1.54) is 18.4 Å². The molecule has 0 aromatic heterocycles. The number of allylic oxidation sites excluding steroid dienone is 2. The number of ether oxygens (including phenoxy) is 2. The first-order valence-corrected chi connectivity index (χ1v) is 6.09. The van der Waals surface area contributed by atoms with Gasteiger partial charge < -0.3 is 19.9 Å². The summed E-state index contributed by atoms with van der Waals surface area (Å²) in [4.78, 5) is 23.0. The molecule has 7 heteroatoms.